The van der Waals surface area contributed by atoms with Crippen LogP contribution in [-0.2, 0) is 9.47 Å². The largest absolute Gasteiger partial charge is 0.379 e. The lowest BCUT2D eigenvalue weighted by atomic mass is 10.3. The van der Waals surface area contributed by atoms with E-state index in [1.807, 2.05) is 0 Å². The van der Waals surface area contributed by atoms with Crippen LogP contribution in [0.2, 0.25) is 0 Å². The van der Waals surface area contributed by atoms with Gasteiger partial charge in [-0.25, -0.2) is 0 Å². The molecule has 60 valence electrons. The van der Waals surface area contributed by atoms with Crippen molar-refractivity contribution in [2.45, 2.75) is 31.1 Å². The third kappa shape index (κ3) is 1.48. The maximum Gasteiger partial charge on any atom is 0.0848 e. The summed E-state index contributed by atoms with van der Waals surface area (Å²) in [4.78, 5) is 0. The van der Waals surface area contributed by atoms with Crippen LogP contribution in [0.4, 0.5) is 0 Å². The molecule has 1 aliphatic carbocycles. The van der Waals surface area contributed by atoms with Gasteiger partial charge in [0.15, 0.2) is 0 Å². The molecule has 10 heavy (non-hydrogen) atoms. The lowest BCUT2D eigenvalue weighted by Gasteiger charge is -2.15. The van der Waals surface area contributed by atoms with Gasteiger partial charge in [0.1, 0.15) is 0 Å². The topological polar surface area (TPSA) is 44.5 Å². The van der Waals surface area contributed by atoms with E-state index in [0.717, 1.165) is 12.8 Å². The molecule has 0 aliphatic heterocycles. The number of rotatable bonds is 2. The quantitative estimate of drug-likeness (QED) is 0.601. The summed E-state index contributed by atoms with van der Waals surface area (Å²) in [5.41, 5.74) is 5.71. The molecule has 3 nitrogen and oxygen atoms in total. The number of methoxy groups -OCH3 is 2. The Morgan fingerprint density at radius 3 is 1.80 bits per heavy atom. The number of ether oxygens (including phenoxy) is 2. The summed E-state index contributed by atoms with van der Waals surface area (Å²) in [5, 5.41) is 0. The fourth-order valence-electron chi connectivity index (χ4n) is 1.49. The molecule has 3 heteroatoms. The summed E-state index contributed by atoms with van der Waals surface area (Å²) in [5.74, 6) is 0. The summed E-state index contributed by atoms with van der Waals surface area (Å²) in [6.07, 6.45) is 2.27. The molecule has 1 fully saturated rings. The second-order valence-electron chi connectivity index (χ2n) is 2.78. The van der Waals surface area contributed by atoms with Crippen LogP contribution in [0, 0.1) is 0 Å². The molecule has 0 unspecified atom stereocenters. The third-order valence-electron chi connectivity index (χ3n) is 2.09. The molecule has 1 aliphatic rings. The van der Waals surface area contributed by atoms with Gasteiger partial charge < -0.3 is 15.2 Å². The molecule has 0 saturated heterocycles. The zero-order chi connectivity index (χ0) is 7.56. The Kier molecular flexibility index (Phi) is 2.65. The van der Waals surface area contributed by atoms with E-state index in [2.05, 4.69) is 0 Å². The number of nitrogens with two attached hydrogens (primary N) is 1. The molecule has 1 saturated carbocycles. The normalized spacial score (nSPS) is 35.1. The maximum absolute atomic E-state index is 5.71. The SMILES string of the molecule is CO[C@H]1CC(N)C[C@@H]1OC. The summed E-state index contributed by atoms with van der Waals surface area (Å²) in [6, 6.07) is 0.259. The lowest BCUT2D eigenvalue weighted by molar-refractivity contribution is -0.0157. The molecule has 2 N–H and O–H groups in total. The molecule has 0 aromatic heterocycles. The van der Waals surface area contributed by atoms with Gasteiger partial charge >= 0.3 is 0 Å². The van der Waals surface area contributed by atoms with Crippen LogP contribution >= 0.6 is 0 Å². The van der Waals surface area contributed by atoms with Crippen molar-refractivity contribution >= 4 is 0 Å². The average Bonchev–Trinajstić information content (AvgIpc) is 2.30. The van der Waals surface area contributed by atoms with Crippen LogP contribution in [0.3, 0.4) is 0 Å². The van der Waals surface area contributed by atoms with Crippen molar-refractivity contribution < 1.29 is 9.47 Å². The van der Waals surface area contributed by atoms with Crippen LogP contribution in [0.1, 0.15) is 12.8 Å². The third-order valence-corrected chi connectivity index (χ3v) is 2.09. The first-order chi connectivity index (χ1) is 4.77. The Labute approximate surface area is 61.5 Å². The van der Waals surface area contributed by atoms with Crippen molar-refractivity contribution in [3.8, 4) is 0 Å². The fraction of sp³-hybridized carbons (Fsp3) is 1.00. The summed E-state index contributed by atoms with van der Waals surface area (Å²) >= 11 is 0. The molecule has 0 bridgehead atoms. The fourth-order valence-corrected chi connectivity index (χ4v) is 1.49. The highest BCUT2D eigenvalue weighted by atomic mass is 16.5. The van der Waals surface area contributed by atoms with Crippen LogP contribution in [0.15, 0.2) is 0 Å². The van der Waals surface area contributed by atoms with E-state index >= 15 is 0 Å². The van der Waals surface area contributed by atoms with E-state index in [4.69, 9.17) is 15.2 Å². The van der Waals surface area contributed by atoms with Crippen molar-refractivity contribution in [1.29, 1.82) is 0 Å². The highest BCUT2D eigenvalue weighted by Crippen LogP contribution is 2.22. The van der Waals surface area contributed by atoms with E-state index in [1.54, 1.807) is 14.2 Å². The minimum atomic E-state index is 0.208. The first-order valence-corrected chi connectivity index (χ1v) is 3.59. The maximum atomic E-state index is 5.71. The van der Waals surface area contributed by atoms with Crippen molar-refractivity contribution in [1.82, 2.24) is 0 Å². The Hall–Kier alpha value is -0.120. The van der Waals surface area contributed by atoms with Crippen LogP contribution in [-0.4, -0.2) is 32.5 Å². The Morgan fingerprint density at radius 2 is 1.50 bits per heavy atom. The summed E-state index contributed by atoms with van der Waals surface area (Å²) in [7, 11) is 3.41. The molecule has 0 aromatic carbocycles. The molecule has 0 spiro atoms. The molecule has 1 rings (SSSR count). The predicted molar refractivity (Wildman–Crippen MR) is 38.8 cm³/mol. The zero-order valence-electron chi connectivity index (χ0n) is 6.54. The standard InChI is InChI=1S/C7H15NO2/c1-9-6-3-5(8)4-7(6)10-2/h5-7H,3-4,8H2,1-2H3/t6-,7-/m0/s1. The molecule has 0 amide bonds. The van der Waals surface area contributed by atoms with Crippen molar-refractivity contribution in [3.63, 3.8) is 0 Å². The van der Waals surface area contributed by atoms with Gasteiger partial charge in [0, 0.05) is 20.3 Å². The minimum absolute atomic E-state index is 0.208. The molecule has 0 heterocycles. The highest BCUT2D eigenvalue weighted by molar-refractivity contribution is 4.86. The summed E-state index contributed by atoms with van der Waals surface area (Å²) in [6.45, 7) is 0. The Balaban J connectivity index is 2.41. The summed E-state index contributed by atoms with van der Waals surface area (Å²) < 4.78 is 10.4. The van der Waals surface area contributed by atoms with E-state index in [-0.39, 0.29) is 18.2 Å². The minimum Gasteiger partial charge on any atom is -0.379 e. The first kappa shape index (κ1) is 7.98. The predicted octanol–water partition coefficient (Wildman–Crippen LogP) is 0.137. The van der Waals surface area contributed by atoms with Gasteiger partial charge in [-0.15, -0.1) is 0 Å². The second-order valence-corrected chi connectivity index (χ2v) is 2.78. The van der Waals surface area contributed by atoms with Gasteiger partial charge in [-0.2, -0.15) is 0 Å². The first-order valence-electron chi connectivity index (χ1n) is 3.59. The Morgan fingerprint density at radius 1 is 1.10 bits per heavy atom. The monoisotopic (exact) mass is 145 g/mol. The highest BCUT2D eigenvalue weighted by Gasteiger charge is 2.32. The van der Waals surface area contributed by atoms with Gasteiger partial charge in [-0.3, -0.25) is 0 Å². The van der Waals surface area contributed by atoms with Crippen LogP contribution in [0.25, 0.3) is 0 Å². The Bertz CT molecular complexity index is 95.8. The molecule has 0 radical (unpaired) electrons. The van der Waals surface area contributed by atoms with Crippen LogP contribution in [0.5, 0.6) is 0 Å². The van der Waals surface area contributed by atoms with Crippen molar-refractivity contribution in [2.24, 2.45) is 5.73 Å². The van der Waals surface area contributed by atoms with Gasteiger partial charge in [0.25, 0.3) is 0 Å². The molecule has 2 atom stereocenters. The van der Waals surface area contributed by atoms with Crippen LogP contribution < -0.4 is 5.73 Å². The van der Waals surface area contributed by atoms with Crippen molar-refractivity contribution in [3.05, 3.63) is 0 Å². The van der Waals surface area contributed by atoms with E-state index < -0.39 is 0 Å². The van der Waals surface area contributed by atoms with Gasteiger partial charge in [0.2, 0.25) is 0 Å². The molecular formula is C7H15NO2. The average molecular weight is 145 g/mol. The molecule has 0 aromatic rings. The van der Waals surface area contributed by atoms with Gasteiger partial charge in [0.05, 0.1) is 12.2 Å². The smallest absolute Gasteiger partial charge is 0.0848 e. The van der Waals surface area contributed by atoms with E-state index in [9.17, 15) is 0 Å². The zero-order valence-corrected chi connectivity index (χ0v) is 6.54. The molecular weight excluding hydrogens is 130 g/mol. The van der Waals surface area contributed by atoms with E-state index in [0.29, 0.717) is 0 Å². The lowest BCUT2D eigenvalue weighted by Crippen LogP contribution is -2.23. The number of hydrogen-bond donors (Lipinski definition) is 1. The van der Waals surface area contributed by atoms with E-state index in [1.165, 1.54) is 0 Å². The van der Waals surface area contributed by atoms with Crippen molar-refractivity contribution in [2.75, 3.05) is 14.2 Å². The number of hydrogen-bond acceptors (Lipinski definition) is 3. The van der Waals surface area contributed by atoms with Gasteiger partial charge in [-0.1, -0.05) is 0 Å². The second kappa shape index (κ2) is 3.32. The van der Waals surface area contributed by atoms with Gasteiger partial charge in [-0.05, 0) is 12.8 Å².